The largest absolute Gasteiger partial charge is 0.478 e. The van der Waals surface area contributed by atoms with E-state index in [1.165, 1.54) is 6.20 Å². The highest BCUT2D eigenvalue weighted by Gasteiger charge is 2.13. The molecule has 0 aliphatic rings. The van der Waals surface area contributed by atoms with E-state index in [0.29, 0.717) is 5.69 Å². The minimum absolute atomic E-state index is 0.195. The Hall–Kier alpha value is -2.10. The molecule has 0 amide bonds. The summed E-state index contributed by atoms with van der Waals surface area (Å²) in [7, 11) is 0. The summed E-state index contributed by atoms with van der Waals surface area (Å²) in [4.78, 5) is 10.9. The van der Waals surface area contributed by atoms with Gasteiger partial charge in [-0.2, -0.15) is 5.10 Å². The summed E-state index contributed by atoms with van der Waals surface area (Å²) in [6.07, 6.45) is 1.39. The highest BCUT2D eigenvalue weighted by Crippen LogP contribution is 2.21. The number of hydrogen-bond donors (Lipinski definition) is 2. The van der Waals surface area contributed by atoms with Crippen molar-refractivity contribution in [1.29, 1.82) is 0 Å². The smallest absolute Gasteiger partial charge is 0.339 e. The molecule has 0 saturated heterocycles. The Morgan fingerprint density at radius 2 is 2.27 bits per heavy atom. The summed E-state index contributed by atoms with van der Waals surface area (Å²) < 4.78 is 0. The predicted octanol–water partition coefficient (Wildman–Crippen LogP) is 2.08. The summed E-state index contributed by atoms with van der Waals surface area (Å²) >= 11 is 0. The number of H-pyrrole nitrogens is 1. The van der Waals surface area contributed by atoms with Gasteiger partial charge in [0, 0.05) is 11.8 Å². The predicted molar refractivity (Wildman–Crippen MR) is 55.7 cm³/mol. The molecule has 1 aromatic carbocycles. The number of aromatic carboxylic acids is 1. The van der Waals surface area contributed by atoms with E-state index < -0.39 is 5.97 Å². The van der Waals surface area contributed by atoms with Crippen LogP contribution < -0.4 is 0 Å². The van der Waals surface area contributed by atoms with Gasteiger partial charge in [-0.25, -0.2) is 4.79 Å². The zero-order valence-electron chi connectivity index (χ0n) is 8.19. The van der Waals surface area contributed by atoms with E-state index in [-0.39, 0.29) is 5.56 Å². The maximum atomic E-state index is 10.9. The first-order valence-electron chi connectivity index (χ1n) is 4.52. The lowest BCUT2D eigenvalue weighted by Gasteiger charge is -1.99. The maximum Gasteiger partial charge on any atom is 0.339 e. The number of carbonyl (C=O) groups is 1. The number of nitrogens with one attached hydrogen (secondary N) is 1. The lowest BCUT2D eigenvalue weighted by molar-refractivity contribution is 0.0698. The topological polar surface area (TPSA) is 66.0 Å². The minimum atomic E-state index is -0.972. The molecule has 4 nitrogen and oxygen atoms in total. The Labute approximate surface area is 86.6 Å². The van der Waals surface area contributed by atoms with Gasteiger partial charge in [-0.1, -0.05) is 23.8 Å². The van der Waals surface area contributed by atoms with Crippen LogP contribution in [0.5, 0.6) is 0 Å². The lowest BCUT2D eigenvalue weighted by atomic mass is 10.1. The average Bonchev–Trinajstić information content (AvgIpc) is 2.65. The first-order valence-corrected chi connectivity index (χ1v) is 4.52. The van der Waals surface area contributed by atoms with E-state index in [1.807, 2.05) is 31.2 Å². The van der Waals surface area contributed by atoms with Crippen LogP contribution in [0.15, 0.2) is 30.5 Å². The van der Waals surface area contributed by atoms with Crippen molar-refractivity contribution in [1.82, 2.24) is 10.2 Å². The van der Waals surface area contributed by atoms with E-state index in [9.17, 15) is 4.79 Å². The van der Waals surface area contributed by atoms with E-state index >= 15 is 0 Å². The summed E-state index contributed by atoms with van der Waals surface area (Å²) in [5.74, 6) is -0.972. The molecule has 0 spiro atoms. The fraction of sp³-hybridized carbons (Fsp3) is 0.0909. The normalized spacial score (nSPS) is 10.2. The summed E-state index contributed by atoms with van der Waals surface area (Å²) in [6, 6.07) is 7.58. The number of nitrogens with zero attached hydrogens (tertiary/aromatic N) is 1. The number of aromatic amines is 1. The van der Waals surface area contributed by atoms with Crippen LogP contribution in [-0.4, -0.2) is 21.3 Å². The molecule has 0 aliphatic carbocycles. The summed E-state index contributed by atoms with van der Waals surface area (Å²) in [5, 5.41) is 15.4. The SMILES string of the molecule is Cc1cccc(-c2n[nH]cc2C(=O)O)c1. The van der Waals surface area contributed by atoms with Crippen LogP contribution in [0.25, 0.3) is 11.3 Å². The van der Waals surface area contributed by atoms with Crippen molar-refractivity contribution >= 4 is 5.97 Å². The number of carboxylic acid groups (broad SMARTS) is 1. The average molecular weight is 202 g/mol. The van der Waals surface area contributed by atoms with Gasteiger partial charge >= 0.3 is 5.97 Å². The van der Waals surface area contributed by atoms with Crippen molar-refractivity contribution in [3.63, 3.8) is 0 Å². The van der Waals surface area contributed by atoms with Crippen LogP contribution >= 0.6 is 0 Å². The Morgan fingerprint density at radius 1 is 1.47 bits per heavy atom. The highest BCUT2D eigenvalue weighted by molar-refractivity contribution is 5.94. The molecule has 2 aromatic rings. The van der Waals surface area contributed by atoms with Gasteiger partial charge < -0.3 is 5.11 Å². The molecule has 0 bridgehead atoms. The number of carboxylic acids is 1. The molecule has 76 valence electrons. The third-order valence-electron chi connectivity index (χ3n) is 2.16. The van der Waals surface area contributed by atoms with E-state index in [1.54, 1.807) is 0 Å². The molecule has 0 fully saturated rings. The van der Waals surface area contributed by atoms with Gasteiger partial charge in [0.05, 0.1) is 0 Å². The Kier molecular flexibility index (Phi) is 2.25. The molecule has 2 rings (SSSR count). The fourth-order valence-corrected chi connectivity index (χ4v) is 1.47. The van der Waals surface area contributed by atoms with Gasteiger partial charge in [-0.15, -0.1) is 0 Å². The van der Waals surface area contributed by atoms with Crippen molar-refractivity contribution in [3.05, 3.63) is 41.6 Å². The summed E-state index contributed by atoms with van der Waals surface area (Å²) in [5.41, 5.74) is 2.56. The second-order valence-corrected chi connectivity index (χ2v) is 3.32. The van der Waals surface area contributed by atoms with Gasteiger partial charge in [-0.05, 0) is 13.0 Å². The Morgan fingerprint density at radius 3 is 2.93 bits per heavy atom. The molecule has 4 heteroatoms. The number of aryl methyl sites for hydroxylation is 1. The standard InChI is InChI=1S/C11H10N2O2/c1-7-3-2-4-8(5-7)10-9(11(14)15)6-12-13-10/h2-6H,1H3,(H,12,13)(H,14,15). The third kappa shape index (κ3) is 1.74. The Bertz CT molecular complexity index is 503. The fourth-order valence-electron chi connectivity index (χ4n) is 1.47. The number of hydrogen-bond acceptors (Lipinski definition) is 2. The zero-order chi connectivity index (χ0) is 10.8. The van der Waals surface area contributed by atoms with Crippen molar-refractivity contribution in [2.45, 2.75) is 6.92 Å². The van der Waals surface area contributed by atoms with Crippen LogP contribution in [0, 0.1) is 6.92 Å². The summed E-state index contributed by atoms with van der Waals surface area (Å²) in [6.45, 7) is 1.95. The number of aromatic nitrogens is 2. The zero-order valence-corrected chi connectivity index (χ0v) is 8.19. The van der Waals surface area contributed by atoms with Gasteiger partial charge in [0.1, 0.15) is 11.3 Å². The van der Waals surface area contributed by atoms with Crippen LogP contribution in [0.4, 0.5) is 0 Å². The second-order valence-electron chi connectivity index (χ2n) is 3.32. The highest BCUT2D eigenvalue weighted by atomic mass is 16.4. The molecule has 1 heterocycles. The first-order chi connectivity index (χ1) is 7.18. The second kappa shape index (κ2) is 3.57. The minimum Gasteiger partial charge on any atom is -0.478 e. The molecule has 0 aliphatic heterocycles. The van der Waals surface area contributed by atoms with Crippen molar-refractivity contribution in [2.75, 3.05) is 0 Å². The first kappa shape index (κ1) is 9.45. The number of rotatable bonds is 2. The van der Waals surface area contributed by atoms with Crippen LogP contribution in [0.1, 0.15) is 15.9 Å². The molecular formula is C11H10N2O2. The van der Waals surface area contributed by atoms with Crippen molar-refractivity contribution in [2.24, 2.45) is 0 Å². The quantitative estimate of drug-likeness (QED) is 0.783. The van der Waals surface area contributed by atoms with Gasteiger partial charge in [0.25, 0.3) is 0 Å². The molecule has 1 aromatic heterocycles. The molecule has 0 unspecified atom stereocenters. The van der Waals surface area contributed by atoms with Crippen molar-refractivity contribution < 1.29 is 9.90 Å². The number of benzene rings is 1. The van der Waals surface area contributed by atoms with Crippen LogP contribution in [0.2, 0.25) is 0 Å². The van der Waals surface area contributed by atoms with E-state index in [0.717, 1.165) is 11.1 Å². The van der Waals surface area contributed by atoms with Gasteiger partial charge in [0.2, 0.25) is 0 Å². The molecule has 0 atom stereocenters. The van der Waals surface area contributed by atoms with Crippen LogP contribution in [0.3, 0.4) is 0 Å². The van der Waals surface area contributed by atoms with E-state index in [4.69, 9.17) is 5.11 Å². The third-order valence-corrected chi connectivity index (χ3v) is 2.16. The maximum absolute atomic E-state index is 10.9. The monoisotopic (exact) mass is 202 g/mol. The van der Waals surface area contributed by atoms with Gasteiger partial charge in [0.15, 0.2) is 0 Å². The van der Waals surface area contributed by atoms with Crippen LogP contribution in [-0.2, 0) is 0 Å². The molecule has 0 radical (unpaired) electrons. The molecule has 2 N–H and O–H groups in total. The van der Waals surface area contributed by atoms with Gasteiger partial charge in [-0.3, -0.25) is 5.10 Å². The molecule has 15 heavy (non-hydrogen) atoms. The van der Waals surface area contributed by atoms with E-state index in [2.05, 4.69) is 10.2 Å². The lowest BCUT2D eigenvalue weighted by Crippen LogP contribution is -1.96. The molecular weight excluding hydrogens is 192 g/mol. The molecule has 0 saturated carbocycles. The van der Waals surface area contributed by atoms with Crippen molar-refractivity contribution in [3.8, 4) is 11.3 Å². The Balaban J connectivity index is 2.54.